The zero-order valence-corrected chi connectivity index (χ0v) is 13.6. The van der Waals surface area contributed by atoms with E-state index in [0.29, 0.717) is 0 Å². The summed E-state index contributed by atoms with van der Waals surface area (Å²) in [6, 6.07) is 8.24. The van der Waals surface area contributed by atoms with Crippen molar-refractivity contribution in [2.24, 2.45) is 5.92 Å². The third-order valence-corrected chi connectivity index (χ3v) is 4.14. The molecule has 1 N–H and O–H groups in total. The molecule has 1 heterocycles. The van der Waals surface area contributed by atoms with Gasteiger partial charge in [-0.25, -0.2) is 4.79 Å². The number of carbonyl (C=O) groups is 3. The van der Waals surface area contributed by atoms with E-state index in [4.69, 9.17) is 4.74 Å². The molecule has 0 aliphatic carbocycles. The lowest BCUT2D eigenvalue weighted by atomic mass is 9.82. The number of nitrogens with one attached hydrogen (secondary N) is 1. The van der Waals surface area contributed by atoms with Gasteiger partial charge in [-0.1, -0.05) is 30.3 Å². The normalized spacial score (nSPS) is 24.0. The molecule has 2 rings (SSSR count). The molecule has 6 nitrogen and oxygen atoms in total. The van der Waals surface area contributed by atoms with Crippen molar-refractivity contribution in [3.63, 3.8) is 0 Å². The second kappa shape index (κ2) is 7.26. The van der Waals surface area contributed by atoms with Gasteiger partial charge in [-0.2, -0.15) is 0 Å². The Morgan fingerprint density at radius 3 is 2.48 bits per heavy atom. The Bertz CT molecular complexity index is 588. The molecule has 1 saturated heterocycles. The average molecular weight is 318 g/mol. The van der Waals surface area contributed by atoms with E-state index in [2.05, 4.69) is 5.32 Å². The monoisotopic (exact) mass is 318 g/mol. The lowest BCUT2D eigenvalue weighted by Crippen LogP contribution is -2.60. The van der Waals surface area contributed by atoms with E-state index in [1.54, 1.807) is 13.8 Å². The lowest BCUT2D eigenvalue weighted by molar-refractivity contribution is -0.145. The van der Waals surface area contributed by atoms with E-state index in [0.717, 1.165) is 5.56 Å². The molecular formula is C17H22N2O4. The van der Waals surface area contributed by atoms with Gasteiger partial charge in [0.25, 0.3) is 0 Å². The van der Waals surface area contributed by atoms with Crippen molar-refractivity contribution in [2.75, 3.05) is 13.2 Å². The maximum absolute atomic E-state index is 12.4. The number of Topliss-reactive ketones (excluding diaryl/α,β-unsaturated/α-hetero) is 1. The number of hydrogen-bond acceptors (Lipinski definition) is 4. The molecule has 1 aliphatic rings. The lowest BCUT2D eigenvalue weighted by Gasteiger charge is -2.43. The number of urea groups is 1. The summed E-state index contributed by atoms with van der Waals surface area (Å²) in [5, 5.41) is 2.85. The standard InChI is InChI=1S/C17H22N2O4/c1-4-23-14(21)10-19-11(2)15(12(3)20)16(18-17(19)22)13-8-6-5-7-9-13/h5-9,11,15-16H,4,10H2,1-3H3,(H,18,22)/t11-,15+,16+/m1/s1. The minimum absolute atomic E-state index is 0.0276. The molecule has 124 valence electrons. The van der Waals surface area contributed by atoms with Gasteiger partial charge in [-0.15, -0.1) is 0 Å². The zero-order valence-electron chi connectivity index (χ0n) is 13.6. The molecule has 2 amide bonds. The van der Waals surface area contributed by atoms with Gasteiger partial charge in [-0.05, 0) is 26.3 Å². The Labute approximate surface area is 135 Å². The van der Waals surface area contributed by atoms with Gasteiger partial charge >= 0.3 is 12.0 Å². The first-order chi connectivity index (χ1) is 11.0. The van der Waals surface area contributed by atoms with Crippen molar-refractivity contribution >= 4 is 17.8 Å². The van der Waals surface area contributed by atoms with E-state index < -0.39 is 24.0 Å². The SMILES string of the molecule is CCOC(=O)CN1C(=O)N[C@@H](c2ccccc2)[C@H](C(C)=O)[C@H]1C. The van der Waals surface area contributed by atoms with Crippen LogP contribution in [0.3, 0.4) is 0 Å². The Morgan fingerprint density at radius 1 is 1.26 bits per heavy atom. The van der Waals surface area contributed by atoms with Crippen LogP contribution in [0.4, 0.5) is 4.79 Å². The molecule has 6 heteroatoms. The van der Waals surface area contributed by atoms with E-state index in [9.17, 15) is 14.4 Å². The smallest absolute Gasteiger partial charge is 0.325 e. The van der Waals surface area contributed by atoms with Crippen molar-refractivity contribution in [1.82, 2.24) is 10.2 Å². The van der Waals surface area contributed by atoms with Crippen molar-refractivity contribution < 1.29 is 19.1 Å². The molecule has 1 fully saturated rings. The van der Waals surface area contributed by atoms with Gasteiger partial charge < -0.3 is 15.0 Å². The Balaban J connectivity index is 2.26. The van der Waals surface area contributed by atoms with E-state index >= 15 is 0 Å². The van der Waals surface area contributed by atoms with Gasteiger partial charge in [0.15, 0.2) is 0 Å². The number of carbonyl (C=O) groups excluding carboxylic acids is 3. The van der Waals surface area contributed by atoms with E-state index in [-0.39, 0.29) is 25.0 Å². The third kappa shape index (κ3) is 3.70. The first kappa shape index (κ1) is 17.0. The van der Waals surface area contributed by atoms with Gasteiger partial charge in [-0.3, -0.25) is 9.59 Å². The number of rotatable bonds is 5. The van der Waals surface area contributed by atoms with Crippen LogP contribution in [0.5, 0.6) is 0 Å². The van der Waals surface area contributed by atoms with Crippen molar-refractivity contribution in [3.8, 4) is 0 Å². The van der Waals surface area contributed by atoms with Crippen LogP contribution >= 0.6 is 0 Å². The highest BCUT2D eigenvalue weighted by Gasteiger charge is 2.43. The second-order valence-electron chi connectivity index (χ2n) is 5.65. The first-order valence-corrected chi connectivity index (χ1v) is 7.73. The second-order valence-corrected chi connectivity index (χ2v) is 5.65. The molecule has 0 spiro atoms. The molecule has 1 aliphatic heterocycles. The number of nitrogens with zero attached hydrogens (tertiary/aromatic N) is 1. The first-order valence-electron chi connectivity index (χ1n) is 7.73. The molecule has 0 saturated carbocycles. The van der Waals surface area contributed by atoms with Crippen LogP contribution in [0.25, 0.3) is 0 Å². The number of ether oxygens (including phenoxy) is 1. The van der Waals surface area contributed by atoms with Crippen molar-refractivity contribution in [2.45, 2.75) is 32.9 Å². The summed E-state index contributed by atoms with van der Waals surface area (Å²) in [6.07, 6.45) is 0. The number of esters is 1. The maximum atomic E-state index is 12.4. The van der Waals surface area contributed by atoms with Crippen LogP contribution in [-0.4, -0.2) is 41.9 Å². The molecule has 23 heavy (non-hydrogen) atoms. The summed E-state index contributed by atoms with van der Waals surface area (Å²) in [6.45, 7) is 5.11. The highest BCUT2D eigenvalue weighted by Crippen LogP contribution is 2.32. The molecular weight excluding hydrogens is 296 g/mol. The predicted molar refractivity (Wildman–Crippen MR) is 84.7 cm³/mol. The summed E-state index contributed by atoms with van der Waals surface area (Å²) in [5.74, 6) is -0.931. The van der Waals surface area contributed by atoms with Crippen LogP contribution in [0.1, 0.15) is 32.4 Å². The predicted octanol–water partition coefficient (Wildman–Crippen LogP) is 1.91. The zero-order chi connectivity index (χ0) is 17.0. The Hall–Kier alpha value is -2.37. The fourth-order valence-electron chi connectivity index (χ4n) is 3.05. The van der Waals surface area contributed by atoms with Crippen LogP contribution in [0.15, 0.2) is 30.3 Å². The Kier molecular flexibility index (Phi) is 5.36. The van der Waals surface area contributed by atoms with Crippen LogP contribution < -0.4 is 5.32 Å². The summed E-state index contributed by atoms with van der Waals surface area (Å²) >= 11 is 0. The summed E-state index contributed by atoms with van der Waals surface area (Å²) in [4.78, 5) is 37.6. The van der Waals surface area contributed by atoms with Gasteiger partial charge in [0.2, 0.25) is 0 Å². The van der Waals surface area contributed by atoms with E-state index in [1.165, 1.54) is 11.8 Å². The number of hydrogen-bond donors (Lipinski definition) is 1. The molecule has 0 aromatic heterocycles. The number of benzene rings is 1. The van der Waals surface area contributed by atoms with Crippen LogP contribution in [-0.2, 0) is 14.3 Å². The Morgan fingerprint density at radius 2 is 1.91 bits per heavy atom. The minimum atomic E-state index is -0.477. The van der Waals surface area contributed by atoms with Crippen LogP contribution in [0.2, 0.25) is 0 Å². The minimum Gasteiger partial charge on any atom is -0.465 e. The fraction of sp³-hybridized carbons (Fsp3) is 0.471. The molecule has 1 aromatic carbocycles. The molecule has 0 bridgehead atoms. The number of amides is 2. The summed E-state index contributed by atoms with van der Waals surface area (Å²) in [7, 11) is 0. The average Bonchev–Trinajstić information content (AvgIpc) is 2.51. The van der Waals surface area contributed by atoms with Crippen LogP contribution in [0, 0.1) is 5.92 Å². The maximum Gasteiger partial charge on any atom is 0.325 e. The van der Waals surface area contributed by atoms with E-state index in [1.807, 2.05) is 30.3 Å². The van der Waals surface area contributed by atoms with Gasteiger partial charge in [0.1, 0.15) is 12.3 Å². The van der Waals surface area contributed by atoms with Gasteiger partial charge in [0, 0.05) is 6.04 Å². The molecule has 1 aromatic rings. The quantitative estimate of drug-likeness (QED) is 0.842. The van der Waals surface area contributed by atoms with Crippen molar-refractivity contribution in [1.29, 1.82) is 0 Å². The van der Waals surface area contributed by atoms with Gasteiger partial charge in [0.05, 0.1) is 18.6 Å². The largest absolute Gasteiger partial charge is 0.465 e. The molecule has 0 unspecified atom stereocenters. The topological polar surface area (TPSA) is 75.7 Å². The number of ketones is 1. The highest BCUT2D eigenvalue weighted by molar-refractivity contribution is 5.87. The molecule has 0 radical (unpaired) electrons. The summed E-state index contributed by atoms with van der Waals surface area (Å²) in [5.41, 5.74) is 0.878. The fourth-order valence-corrected chi connectivity index (χ4v) is 3.05. The molecule has 3 atom stereocenters. The summed E-state index contributed by atoms with van der Waals surface area (Å²) < 4.78 is 4.90. The third-order valence-electron chi connectivity index (χ3n) is 4.14. The highest BCUT2D eigenvalue weighted by atomic mass is 16.5. The van der Waals surface area contributed by atoms with Crippen molar-refractivity contribution in [3.05, 3.63) is 35.9 Å².